The van der Waals surface area contributed by atoms with Crippen LogP contribution in [0.2, 0.25) is 0 Å². The van der Waals surface area contributed by atoms with Crippen LogP contribution in [0, 0.1) is 0 Å². The minimum Gasteiger partial charge on any atom is -0.459 e. The molecule has 5 nitrogen and oxygen atoms in total. The molecule has 2 heterocycles. The number of fused-ring (bicyclic) bond motifs is 1. The molecule has 30 heavy (non-hydrogen) atoms. The monoisotopic (exact) mass is 420 g/mol. The Morgan fingerprint density at radius 3 is 2.53 bits per heavy atom. The van der Waals surface area contributed by atoms with Gasteiger partial charge >= 0.3 is 0 Å². The summed E-state index contributed by atoms with van der Waals surface area (Å²) in [6.07, 6.45) is 2.85. The van der Waals surface area contributed by atoms with E-state index in [0.29, 0.717) is 19.5 Å². The zero-order valence-corrected chi connectivity index (χ0v) is 17.4. The first-order valence-electron chi connectivity index (χ1n) is 10.1. The Morgan fingerprint density at radius 2 is 1.77 bits per heavy atom. The summed E-state index contributed by atoms with van der Waals surface area (Å²) >= 11 is 1.77. The molecule has 1 aliphatic rings. The van der Waals surface area contributed by atoms with Crippen molar-refractivity contribution in [3.8, 4) is 0 Å². The van der Waals surface area contributed by atoms with Gasteiger partial charge in [0.2, 0.25) is 5.91 Å². The Labute approximate surface area is 180 Å². The molecule has 1 N–H and O–H groups in total. The second kappa shape index (κ2) is 9.67. The fraction of sp³-hybridized carbons (Fsp3) is 0.250. The molecule has 1 aliphatic heterocycles. The smallest absolute Gasteiger partial charge is 0.290 e. The molecule has 154 valence electrons. The molecule has 1 atom stereocenters. The van der Waals surface area contributed by atoms with Gasteiger partial charge in [-0.3, -0.25) is 9.59 Å². The quantitative estimate of drug-likeness (QED) is 0.461. The van der Waals surface area contributed by atoms with Crippen molar-refractivity contribution in [2.75, 3.05) is 12.3 Å². The molecule has 1 aromatic heterocycles. The highest BCUT2D eigenvalue weighted by Crippen LogP contribution is 2.25. The van der Waals surface area contributed by atoms with Crippen molar-refractivity contribution in [1.29, 1.82) is 0 Å². The predicted molar refractivity (Wildman–Crippen MR) is 117 cm³/mol. The molecule has 3 aromatic rings. The lowest BCUT2D eigenvalue weighted by Crippen LogP contribution is -2.52. The standard InChI is InChI=1S/C24H24N2O3S/c27-23(25-13-7-15-30-20-10-2-1-3-11-20)21-16-18-8-4-5-9-19(18)17-26(21)24(28)22-12-6-14-29-22/h1-6,8-12,14,21H,7,13,15-17H2,(H,25,27)/t21-/m0/s1. The highest BCUT2D eigenvalue weighted by molar-refractivity contribution is 7.99. The molecule has 0 spiro atoms. The lowest BCUT2D eigenvalue weighted by Gasteiger charge is -2.35. The summed E-state index contributed by atoms with van der Waals surface area (Å²) in [6, 6.07) is 21.0. The van der Waals surface area contributed by atoms with Crippen LogP contribution >= 0.6 is 11.8 Å². The van der Waals surface area contributed by atoms with Gasteiger partial charge in [0.25, 0.3) is 5.91 Å². The molecule has 0 unspecified atom stereocenters. The molecule has 6 heteroatoms. The number of benzene rings is 2. The summed E-state index contributed by atoms with van der Waals surface area (Å²) in [5.41, 5.74) is 2.18. The minimum atomic E-state index is -0.542. The highest BCUT2D eigenvalue weighted by atomic mass is 32.2. The van der Waals surface area contributed by atoms with E-state index in [1.807, 2.05) is 42.5 Å². The maximum absolute atomic E-state index is 13.0. The summed E-state index contributed by atoms with van der Waals surface area (Å²) < 4.78 is 5.29. The van der Waals surface area contributed by atoms with Gasteiger partial charge in [-0.05, 0) is 47.6 Å². The highest BCUT2D eigenvalue weighted by Gasteiger charge is 2.35. The van der Waals surface area contributed by atoms with Crippen molar-refractivity contribution in [3.63, 3.8) is 0 Å². The van der Waals surface area contributed by atoms with E-state index >= 15 is 0 Å². The van der Waals surface area contributed by atoms with Crippen molar-refractivity contribution in [1.82, 2.24) is 10.2 Å². The number of rotatable bonds is 7. The molecule has 0 saturated carbocycles. The van der Waals surface area contributed by atoms with Gasteiger partial charge in [0, 0.05) is 24.4 Å². The van der Waals surface area contributed by atoms with E-state index in [0.717, 1.165) is 23.3 Å². The largest absolute Gasteiger partial charge is 0.459 e. The second-order valence-corrected chi connectivity index (χ2v) is 8.37. The fourth-order valence-electron chi connectivity index (χ4n) is 3.62. The van der Waals surface area contributed by atoms with Crippen LogP contribution in [0.3, 0.4) is 0 Å². The number of amides is 2. The van der Waals surface area contributed by atoms with Crippen LogP contribution in [0.4, 0.5) is 0 Å². The van der Waals surface area contributed by atoms with Gasteiger partial charge < -0.3 is 14.6 Å². The predicted octanol–water partition coefficient (Wildman–Crippen LogP) is 4.15. The lowest BCUT2D eigenvalue weighted by atomic mass is 9.93. The second-order valence-electron chi connectivity index (χ2n) is 7.21. The lowest BCUT2D eigenvalue weighted by molar-refractivity contribution is -0.126. The van der Waals surface area contributed by atoms with E-state index in [2.05, 4.69) is 17.4 Å². The van der Waals surface area contributed by atoms with Crippen molar-refractivity contribution in [2.24, 2.45) is 0 Å². The van der Waals surface area contributed by atoms with Crippen LogP contribution in [0.15, 0.2) is 82.3 Å². The minimum absolute atomic E-state index is 0.117. The first-order valence-corrected chi connectivity index (χ1v) is 11.1. The zero-order valence-electron chi connectivity index (χ0n) is 16.6. The molecule has 0 aliphatic carbocycles. The number of furan rings is 1. The molecule has 0 fully saturated rings. The summed E-state index contributed by atoms with van der Waals surface area (Å²) in [7, 11) is 0. The zero-order chi connectivity index (χ0) is 20.8. The molecule has 4 rings (SSSR count). The van der Waals surface area contributed by atoms with Crippen molar-refractivity contribution in [2.45, 2.75) is 30.3 Å². The topological polar surface area (TPSA) is 62.6 Å². The molecule has 0 radical (unpaired) electrons. The third kappa shape index (κ3) is 4.76. The maximum atomic E-state index is 13.0. The number of carbonyl (C=O) groups is 2. The Kier molecular flexibility index (Phi) is 6.54. The number of hydrogen-bond donors (Lipinski definition) is 1. The van der Waals surface area contributed by atoms with Crippen LogP contribution in [-0.2, 0) is 17.8 Å². The molecule has 2 amide bonds. The van der Waals surface area contributed by atoms with Gasteiger partial charge in [0.05, 0.1) is 6.26 Å². The number of nitrogens with zero attached hydrogens (tertiary/aromatic N) is 1. The summed E-state index contributed by atoms with van der Waals surface area (Å²) in [5.74, 6) is 0.808. The normalized spacial score (nSPS) is 15.5. The van der Waals surface area contributed by atoms with Crippen molar-refractivity contribution < 1.29 is 14.0 Å². The van der Waals surface area contributed by atoms with Crippen LogP contribution in [0.5, 0.6) is 0 Å². The van der Waals surface area contributed by atoms with E-state index in [1.165, 1.54) is 11.2 Å². The molecular weight excluding hydrogens is 396 g/mol. The SMILES string of the molecule is O=C(NCCCSc1ccccc1)[C@@H]1Cc2ccccc2CN1C(=O)c1ccco1. The Bertz CT molecular complexity index is 989. The van der Waals surface area contributed by atoms with E-state index in [4.69, 9.17) is 4.42 Å². The first-order chi connectivity index (χ1) is 14.7. The van der Waals surface area contributed by atoms with Gasteiger partial charge in [0.1, 0.15) is 6.04 Å². The van der Waals surface area contributed by atoms with Gasteiger partial charge in [0.15, 0.2) is 5.76 Å². The van der Waals surface area contributed by atoms with Gasteiger partial charge in [-0.1, -0.05) is 42.5 Å². The molecular formula is C24H24N2O3S. The number of carbonyl (C=O) groups excluding carboxylic acids is 2. The first kappa shape index (κ1) is 20.3. The van der Waals surface area contributed by atoms with Crippen LogP contribution in [-0.4, -0.2) is 35.1 Å². The van der Waals surface area contributed by atoms with Crippen molar-refractivity contribution >= 4 is 23.6 Å². The van der Waals surface area contributed by atoms with Gasteiger partial charge in [-0.2, -0.15) is 0 Å². The molecule has 0 saturated heterocycles. The summed E-state index contributed by atoms with van der Waals surface area (Å²) in [4.78, 5) is 28.8. The van der Waals surface area contributed by atoms with E-state index in [-0.39, 0.29) is 17.6 Å². The Balaban J connectivity index is 1.38. The van der Waals surface area contributed by atoms with Crippen LogP contribution in [0.25, 0.3) is 0 Å². The number of hydrogen-bond acceptors (Lipinski definition) is 4. The van der Waals surface area contributed by atoms with Gasteiger partial charge in [-0.25, -0.2) is 0 Å². The average molecular weight is 421 g/mol. The summed E-state index contributed by atoms with van der Waals surface area (Å²) in [5, 5.41) is 3.02. The van der Waals surface area contributed by atoms with E-state index in [1.54, 1.807) is 28.8 Å². The van der Waals surface area contributed by atoms with Crippen molar-refractivity contribution in [3.05, 3.63) is 89.9 Å². The summed E-state index contributed by atoms with van der Waals surface area (Å²) in [6.45, 7) is 0.983. The third-order valence-electron chi connectivity index (χ3n) is 5.18. The number of thioether (sulfide) groups is 1. The maximum Gasteiger partial charge on any atom is 0.290 e. The third-order valence-corrected chi connectivity index (χ3v) is 6.27. The van der Waals surface area contributed by atoms with Gasteiger partial charge in [-0.15, -0.1) is 11.8 Å². The van der Waals surface area contributed by atoms with Crippen LogP contribution in [0.1, 0.15) is 28.1 Å². The number of nitrogens with one attached hydrogen (secondary N) is 1. The Hall–Kier alpha value is -2.99. The fourth-order valence-corrected chi connectivity index (χ4v) is 4.49. The van der Waals surface area contributed by atoms with E-state index in [9.17, 15) is 9.59 Å². The average Bonchev–Trinajstić information content (AvgIpc) is 3.33. The van der Waals surface area contributed by atoms with E-state index < -0.39 is 6.04 Å². The van der Waals surface area contributed by atoms with Crippen LogP contribution < -0.4 is 5.32 Å². The Morgan fingerprint density at radius 1 is 1.00 bits per heavy atom. The molecule has 2 aromatic carbocycles. The molecule has 0 bridgehead atoms.